The molecule has 0 atom stereocenters. The fourth-order valence-corrected chi connectivity index (χ4v) is 3.45. The lowest BCUT2D eigenvalue weighted by atomic mass is 9.93. The van der Waals surface area contributed by atoms with Crippen LogP contribution in [0.4, 0.5) is 15.0 Å². The van der Waals surface area contributed by atoms with E-state index in [9.17, 15) is 14.0 Å². The van der Waals surface area contributed by atoms with Crippen molar-refractivity contribution in [3.63, 3.8) is 0 Å². The minimum Gasteiger partial charge on any atom is -0.439 e. The van der Waals surface area contributed by atoms with Crippen LogP contribution in [0.15, 0.2) is 30.5 Å². The molecule has 2 amide bonds. The lowest BCUT2D eigenvalue weighted by Gasteiger charge is -2.33. The summed E-state index contributed by atoms with van der Waals surface area (Å²) in [6.45, 7) is 1.98. The standard InChI is InChI=1S/C20H25FN4O3/c1-22-18(26)13-28-20(27)24-8-4-14-6-10-25(11-7-14)19-17-3-2-16(21)12-15(17)5-9-23-19/h2-3,5,9,12,14H,4,6-8,10-11,13H2,1H3,(H,22,26)(H,24,27). The van der Waals surface area contributed by atoms with Crippen molar-refractivity contribution in [2.45, 2.75) is 19.3 Å². The number of aromatic nitrogens is 1. The molecule has 3 rings (SSSR count). The molecule has 0 unspecified atom stereocenters. The second-order valence-electron chi connectivity index (χ2n) is 6.90. The van der Waals surface area contributed by atoms with Gasteiger partial charge in [-0.25, -0.2) is 14.2 Å². The largest absolute Gasteiger partial charge is 0.439 e. The first kappa shape index (κ1) is 19.9. The van der Waals surface area contributed by atoms with Gasteiger partial charge in [-0.2, -0.15) is 0 Å². The SMILES string of the molecule is CNC(=O)COC(=O)NCCC1CCN(c2nccc3cc(F)ccc23)CC1. The van der Waals surface area contributed by atoms with Gasteiger partial charge in [0.05, 0.1) is 0 Å². The predicted octanol–water partition coefficient (Wildman–Crippen LogP) is 2.45. The van der Waals surface area contributed by atoms with E-state index in [-0.39, 0.29) is 18.3 Å². The monoisotopic (exact) mass is 388 g/mol. The van der Waals surface area contributed by atoms with Crippen LogP contribution < -0.4 is 15.5 Å². The van der Waals surface area contributed by atoms with Gasteiger partial charge in [0, 0.05) is 38.3 Å². The Labute approximate surface area is 163 Å². The summed E-state index contributed by atoms with van der Waals surface area (Å²) in [5, 5.41) is 6.88. The number of hydrogen-bond donors (Lipinski definition) is 2. The minimum absolute atomic E-state index is 0.246. The van der Waals surface area contributed by atoms with Crippen molar-refractivity contribution in [3.05, 3.63) is 36.3 Å². The van der Waals surface area contributed by atoms with Crippen LogP contribution in [0.1, 0.15) is 19.3 Å². The van der Waals surface area contributed by atoms with E-state index in [1.165, 1.54) is 19.2 Å². The van der Waals surface area contributed by atoms with Crippen LogP contribution in [0, 0.1) is 11.7 Å². The fourth-order valence-electron chi connectivity index (χ4n) is 3.45. The van der Waals surface area contributed by atoms with E-state index in [4.69, 9.17) is 4.74 Å². The summed E-state index contributed by atoms with van der Waals surface area (Å²) in [4.78, 5) is 29.3. The zero-order valence-electron chi connectivity index (χ0n) is 15.9. The number of carbonyl (C=O) groups excluding carboxylic acids is 2. The number of hydrogen-bond acceptors (Lipinski definition) is 5. The number of pyridine rings is 1. The van der Waals surface area contributed by atoms with E-state index in [1.807, 2.05) is 6.07 Å². The molecular formula is C20H25FN4O3. The van der Waals surface area contributed by atoms with Crippen molar-refractivity contribution in [3.8, 4) is 0 Å². The number of benzene rings is 1. The first-order chi connectivity index (χ1) is 13.6. The number of likely N-dealkylation sites (N-methyl/N-ethyl adjacent to an activating group) is 1. The molecule has 1 aromatic carbocycles. The van der Waals surface area contributed by atoms with Gasteiger partial charge in [0.1, 0.15) is 11.6 Å². The van der Waals surface area contributed by atoms with Crippen LogP contribution in [0.5, 0.6) is 0 Å². The number of amides is 2. The zero-order chi connectivity index (χ0) is 19.9. The predicted molar refractivity (Wildman–Crippen MR) is 105 cm³/mol. The average molecular weight is 388 g/mol. The topological polar surface area (TPSA) is 83.6 Å². The van der Waals surface area contributed by atoms with Crippen molar-refractivity contribution >= 4 is 28.6 Å². The maximum absolute atomic E-state index is 13.5. The third-order valence-electron chi connectivity index (χ3n) is 5.05. The Bertz CT molecular complexity index is 837. The second-order valence-corrected chi connectivity index (χ2v) is 6.90. The van der Waals surface area contributed by atoms with Crippen LogP contribution in [0.2, 0.25) is 0 Å². The quantitative estimate of drug-likeness (QED) is 0.794. The average Bonchev–Trinajstić information content (AvgIpc) is 2.72. The maximum Gasteiger partial charge on any atom is 0.407 e. The van der Waals surface area contributed by atoms with E-state index < -0.39 is 6.09 Å². The molecule has 150 valence electrons. The Morgan fingerprint density at radius 3 is 2.82 bits per heavy atom. The number of nitrogens with zero attached hydrogens (tertiary/aromatic N) is 2. The molecule has 1 fully saturated rings. The third kappa shape index (κ3) is 5.09. The number of halogens is 1. The molecular weight excluding hydrogens is 363 g/mol. The lowest BCUT2D eigenvalue weighted by molar-refractivity contribution is -0.123. The van der Waals surface area contributed by atoms with Gasteiger partial charge in [0.25, 0.3) is 5.91 Å². The van der Waals surface area contributed by atoms with Crippen LogP contribution in [-0.2, 0) is 9.53 Å². The summed E-state index contributed by atoms with van der Waals surface area (Å²) >= 11 is 0. The van der Waals surface area contributed by atoms with E-state index in [0.717, 1.165) is 48.9 Å². The molecule has 28 heavy (non-hydrogen) atoms. The van der Waals surface area contributed by atoms with Gasteiger partial charge >= 0.3 is 6.09 Å². The summed E-state index contributed by atoms with van der Waals surface area (Å²) in [7, 11) is 1.49. The second kappa shape index (κ2) is 9.34. The van der Waals surface area contributed by atoms with Crippen LogP contribution in [0.25, 0.3) is 10.8 Å². The highest BCUT2D eigenvalue weighted by Gasteiger charge is 2.21. The molecule has 0 spiro atoms. The highest BCUT2D eigenvalue weighted by molar-refractivity contribution is 5.92. The number of anilines is 1. The van der Waals surface area contributed by atoms with Crippen molar-refractivity contribution in [1.82, 2.24) is 15.6 Å². The first-order valence-electron chi connectivity index (χ1n) is 9.47. The van der Waals surface area contributed by atoms with Crippen molar-refractivity contribution < 1.29 is 18.7 Å². The minimum atomic E-state index is -0.576. The van der Waals surface area contributed by atoms with Gasteiger partial charge in [0.15, 0.2) is 6.61 Å². The third-order valence-corrected chi connectivity index (χ3v) is 5.05. The van der Waals surface area contributed by atoms with Gasteiger partial charge in [0.2, 0.25) is 0 Å². The molecule has 2 aromatic rings. The number of fused-ring (bicyclic) bond motifs is 1. The Kier molecular flexibility index (Phi) is 6.62. The molecule has 1 aliphatic heterocycles. The number of carbonyl (C=O) groups is 2. The molecule has 7 nitrogen and oxygen atoms in total. The molecule has 0 saturated carbocycles. The normalized spacial score (nSPS) is 14.7. The van der Waals surface area contributed by atoms with Gasteiger partial charge in [-0.3, -0.25) is 4.79 Å². The molecule has 2 N–H and O–H groups in total. The Morgan fingerprint density at radius 2 is 2.07 bits per heavy atom. The van der Waals surface area contributed by atoms with E-state index >= 15 is 0 Å². The Hall–Kier alpha value is -2.90. The van der Waals surface area contributed by atoms with Crippen LogP contribution >= 0.6 is 0 Å². The van der Waals surface area contributed by atoms with Gasteiger partial charge in [-0.05, 0) is 54.8 Å². The van der Waals surface area contributed by atoms with Crippen molar-refractivity contribution in [2.24, 2.45) is 5.92 Å². The summed E-state index contributed by atoms with van der Waals surface area (Å²) in [5.74, 6) is 0.812. The number of piperidine rings is 1. The molecule has 0 radical (unpaired) electrons. The molecule has 0 bridgehead atoms. The summed E-state index contributed by atoms with van der Waals surface area (Å²) in [6.07, 6.45) is 3.99. The van der Waals surface area contributed by atoms with E-state index in [0.29, 0.717) is 12.5 Å². The number of ether oxygens (including phenoxy) is 1. The number of alkyl carbamates (subject to hydrolysis) is 1. The van der Waals surface area contributed by atoms with Crippen molar-refractivity contribution in [2.75, 3.05) is 38.2 Å². The molecule has 0 aliphatic carbocycles. The lowest BCUT2D eigenvalue weighted by Crippen LogP contribution is -2.36. The fraction of sp³-hybridized carbons (Fsp3) is 0.450. The molecule has 2 heterocycles. The van der Waals surface area contributed by atoms with Crippen LogP contribution in [0.3, 0.4) is 0 Å². The molecule has 8 heteroatoms. The zero-order valence-corrected chi connectivity index (χ0v) is 15.9. The van der Waals surface area contributed by atoms with Crippen molar-refractivity contribution in [1.29, 1.82) is 0 Å². The molecule has 1 aliphatic rings. The van der Waals surface area contributed by atoms with Gasteiger partial charge in [-0.15, -0.1) is 0 Å². The summed E-state index contributed by atoms with van der Waals surface area (Å²) in [6, 6.07) is 6.61. The molecule has 1 saturated heterocycles. The van der Waals surface area contributed by atoms with Crippen LogP contribution in [-0.4, -0.2) is 50.3 Å². The highest BCUT2D eigenvalue weighted by Crippen LogP contribution is 2.29. The summed E-state index contributed by atoms with van der Waals surface area (Å²) in [5.41, 5.74) is 0. The molecule has 1 aromatic heterocycles. The van der Waals surface area contributed by atoms with E-state index in [1.54, 1.807) is 12.3 Å². The smallest absolute Gasteiger partial charge is 0.407 e. The first-order valence-corrected chi connectivity index (χ1v) is 9.47. The highest BCUT2D eigenvalue weighted by atomic mass is 19.1. The number of nitrogens with one attached hydrogen (secondary N) is 2. The Balaban J connectivity index is 1.45. The maximum atomic E-state index is 13.5. The van der Waals surface area contributed by atoms with Gasteiger partial charge < -0.3 is 20.3 Å². The number of rotatable bonds is 6. The summed E-state index contributed by atoms with van der Waals surface area (Å²) < 4.78 is 18.3. The van der Waals surface area contributed by atoms with Gasteiger partial charge in [-0.1, -0.05) is 0 Å². The Morgan fingerprint density at radius 1 is 1.29 bits per heavy atom. The van der Waals surface area contributed by atoms with E-state index in [2.05, 4.69) is 20.5 Å².